The molecule has 1 N–H and O–H groups in total. The van der Waals surface area contributed by atoms with Crippen molar-refractivity contribution < 1.29 is 0 Å². The highest BCUT2D eigenvalue weighted by Gasteiger charge is 2.04. The Morgan fingerprint density at radius 2 is 2.24 bits per heavy atom. The summed E-state index contributed by atoms with van der Waals surface area (Å²) in [5.74, 6) is 0. The number of hydrogen-bond acceptors (Lipinski definition) is 5. The molecule has 0 amide bonds. The van der Waals surface area contributed by atoms with E-state index in [0.29, 0.717) is 12.2 Å². The van der Waals surface area contributed by atoms with Crippen molar-refractivity contribution >= 4 is 17.0 Å². The second kappa shape index (κ2) is 4.67. The molecule has 0 bridgehead atoms. The molecule has 17 heavy (non-hydrogen) atoms. The summed E-state index contributed by atoms with van der Waals surface area (Å²) in [6.07, 6.45) is 1.82. The average Bonchev–Trinajstić information content (AvgIpc) is 2.67. The summed E-state index contributed by atoms with van der Waals surface area (Å²) >= 11 is 1.62. The highest BCUT2D eigenvalue weighted by Crippen LogP contribution is 2.13. The fourth-order valence-electron chi connectivity index (χ4n) is 1.55. The summed E-state index contributed by atoms with van der Waals surface area (Å²) in [6, 6.07) is 1.76. The number of hydrogen-bond donors (Lipinski definition) is 1. The van der Waals surface area contributed by atoms with Crippen LogP contribution in [0.5, 0.6) is 0 Å². The molecule has 6 heteroatoms. The summed E-state index contributed by atoms with van der Waals surface area (Å²) in [7, 11) is 1.65. The monoisotopic (exact) mass is 250 g/mol. The van der Waals surface area contributed by atoms with Crippen LogP contribution in [0.3, 0.4) is 0 Å². The van der Waals surface area contributed by atoms with E-state index in [4.69, 9.17) is 0 Å². The molecule has 0 unspecified atom stereocenters. The molecule has 2 aromatic rings. The van der Waals surface area contributed by atoms with Crippen LogP contribution in [0.15, 0.2) is 17.1 Å². The van der Waals surface area contributed by atoms with Crippen molar-refractivity contribution in [1.82, 2.24) is 14.8 Å². The molecule has 2 rings (SSSR count). The fraction of sp³-hybridized carbons (Fsp3) is 0.364. The van der Waals surface area contributed by atoms with Crippen molar-refractivity contribution in [3.8, 4) is 0 Å². The molecule has 0 fully saturated rings. The number of nitrogens with zero attached hydrogens (tertiary/aromatic N) is 3. The van der Waals surface area contributed by atoms with Gasteiger partial charge in [-0.05, 0) is 19.9 Å². The molecule has 0 aliphatic rings. The van der Waals surface area contributed by atoms with E-state index >= 15 is 0 Å². The van der Waals surface area contributed by atoms with Crippen LogP contribution in [0.1, 0.15) is 15.6 Å². The molecule has 2 heterocycles. The minimum atomic E-state index is -0.114. The molecule has 5 nitrogen and oxygen atoms in total. The minimum Gasteiger partial charge on any atom is -0.376 e. The summed E-state index contributed by atoms with van der Waals surface area (Å²) in [6.45, 7) is 4.44. The predicted octanol–water partition coefficient (Wildman–Crippen LogP) is 1.47. The molecule has 2 aromatic heterocycles. The topological polar surface area (TPSA) is 59.8 Å². The molecular weight excluding hydrogens is 236 g/mol. The van der Waals surface area contributed by atoms with Crippen molar-refractivity contribution in [2.75, 3.05) is 5.32 Å². The third kappa shape index (κ3) is 2.71. The Kier molecular flexibility index (Phi) is 3.23. The van der Waals surface area contributed by atoms with Gasteiger partial charge in [0.15, 0.2) is 0 Å². The second-order valence-corrected chi connectivity index (χ2v) is 5.15. The maximum Gasteiger partial charge on any atom is 0.289 e. The van der Waals surface area contributed by atoms with Crippen LogP contribution in [0, 0.1) is 13.8 Å². The fourth-order valence-corrected chi connectivity index (χ4v) is 2.29. The first-order valence-corrected chi connectivity index (χ1v) is 6.08. The van der Waals surface area contributed by atoms with E-state index in [-0.39, 0.29) is 5.56 Å². The lowest BCUT2D eigenvalue weighted by Gasteiger charge is -2.06. The highest BCUT2D eigenvalue weighted by atomic mass is 32.1. The van der Waals surface area contributed by atoms with Crippen LogP contribution in [0.4, 0.5) is 5.69 Å². The highest BCUT2D eigenvalue weighted by molar-refractivity contribution is 7.11. The zero-order valence-electron chi connectivity index (χ0n) is 10.0. The van der Waals surface area contributed by atoms with Crippen molar-refractivity contribution in [3.05, 3.63) is 38.2 Å². The summed E-state index contributed by atoms with van der Waals surface area (Å²) in [5.41, 5.74) is 1.28. The number of nitrogens with one attached hydrogen (secondary N) is 1. The largest absolute Gasteiger partial charge is 0.376 e. The maximum atomic E-state index is 11.8. The van der Waals surface area contributed by atoms with E-state index in [1.807, 2.05) is 20.0 Å². The number of aromatic nitrogens is 3. The molecule has 0 saturated carbocycles. The van der Waals surface area contributed by atoms with Crippen molar-refractivity contribution in [2.24, 2.45) is 7.05 Å². The molecule has 90 valence electrons. The first kappa shape index (κ1) is 11.8. The van der Waals surface area contributed by atoms with E-state index in [0.717, 1.165) is 15.6 Å². The molecule has 0 saturated heterocycles. The molecular formula is C11H14N4OS. The third-order valence-corrected chi connectivity index (χ3v) is 3.22. The van der Waals surface area contributed by atoms with E-state index in [2.05, 4.69) is 15.4 Å². The zero-order chi connectivity index (χ0) is 12.4. The molecule has 0 spiro atoms. The van der Waals surface area contributed by atoms with Gasteiger partial charge in [-0.25, -0.2) is 9.67 Å². The van der Waals surface area contributed by atoms with Crippen LogP contribution < -0.4 is 10.9 Å². The first-order valence-electron chi connectivity index (χ1n) is 5.26. The van der Waals surface area contributed by atoms with Crippen LogP contribution in [0.2, 0.25) is 0 Å². The normalized spacial score (nSPS) is 10.5. The Balaban J connectivity index is 2.17. The van der Waals surface area contributed by atoms with Gasteiger partial charge in [0, 0.05) is 18.1 Å². The van der Waals surface area contributed by atoms with Gasteiger partial charge < -0.3 is 5.32 Å². The van der Waals surface area contributed by atoms with Gasteiger partial charge >= 0.3 is 0 Å². The SMILES string of the molecule is Cc1cc(NCc2cnc(C)s2)c(=O)n(C)n1. The van der Waals surface area contributed by atoms with Crippen LogP contribution >= 0.6 is 11.3 Å². The van der Waals surface area contributed by atoms with Crippen molar-refractivity contribution in [2.45, 2.75) is 20.4 Å². The Labute approximate surface area is 103 Å². The van der Waals surface area contributed by atoms with Gasteiger partial charge in [0.2, 0.25) is 0 Å². The molecule has 0 aromatic carbocycles. The van der Waals surface area contributed by atoms with E-state index in [1.165, 1.54) is 4.68 Å². The van der Waals surface area contributed by atoms with Crippen LogP contribution in [-0.4, -0.2) is 14.8 Å². The standard InChI is InChI=1S/C11H14N4OS/c1-7-4-10(11(16)15(3)14-7)13-6-9-5-12-8(2)17-9/h4-5,13H,6H2,1-3H3. The lowest BCUT2D eigenvalue weighted by Crippen LogP contribution is -2.23. The van der Waals surface area contributed by atoms with Gasteiger partial charge in [-0.3, -0.25) is 4.79 Å². The Morgan fingerprint density at radius 3 is 2.88 bits per heavy atom. The third-order valence-electron chi connectivity index (χ3n) is 2.31. The summed E-state index contributed by atoms with van der Waals surface area (Å²) in [5, 5.41) is 8.20. The molecule has 0 radical (unpaired) electrons. The summed E-state index contributed by atoms with van der Waals surface area (Å²) in [4.78, 5) is 17.1. The Hall–Kier alpha value is -1.69. The lowest BCUT2D eigenvalue weighted by molar-refractivity contribution is 0.694. The first-order chi connectivity index (χ1) is 8.06. The number of thiazole rings is 1. The van der Waals surface area contributed by atoms with Gasteiger partial charge in [-0.15, -0.1) is 11.3 Å². The Morgan fingerprint density at radius 1 is 1.47 bits per heavy atom. The summed E-state index contributed by atoms with van der Waals surface area (Å²) < 4.78 is 1.34. The van der Waals surface area contributed by atoms with Gasteiger partial charge in [-0.1, -0.05) is 0 Å². The van der Waals surface area contributed by atoms with E-state index in [1.54, 1.807) is 24.5 Å². The Bertz CT molecular complexity index is 587. The van der Waals surface area contributed by atoms with Gasteiger partial charge in [0.1, 0.15) is 5.69 Å². The maximum absolute atomic E-state index is 11.8. The lowest BCUT2D eigenvalue weighted by atomic mass is 10.3. The van der Waals surface area contributed by atoms with E-state index < -0.39 is 0 Å². The van der Waals surface area contributed by atoms with Crippen molar-refractivity contribution in [1.29, 1.82) is 0 Å². The van der Waals surface area contributed by atoms with Crippen LogP contribution in [0.25, 0.3) is 0 Å². The van der Waals surface area contributed by atoms with Crippen LogP contribution in [-0.2, 0) is 13.6 Å². The van der Waals surface area contributed by atoms with Crippen molar-refractivity contribution in [3.63, 3.8) is 0 Å². The van der Waals surface area contributed by atoms with Gasteiger partial charge in [0.05, 0.1) is 17.2 Å². The number of anilines is 1. The zero-order valence-corrected chi connectivity index (χ0v) is 10.8. The quantitative estimate of drug-likeness (QED) is 0.896. The average molecular weight is 250 g/mol. The van der Waals surface area contributed by atoms with Gasteiger partial charge in [-0.2, -0.15) is 5.10 Å². The molecule has 0 aliphatic carbocycles. The molecule has 0 atom stereocenters. The smallest absolute Gasteiger partial charge is 0.289 e. The second-order valence-electron chi connectivity index (χ2n) is 3.83. The number of rotatable bonds is 3. The number of aryl methyl sites for hydroxylation is 3. The minimum absolute atomic E-state index is 0.114. The van der Waals surface area contributed by atoms with E-state index in [9.17, 15) is 4.79 Å². The van der Waals surface area contributed by atoms with Gasteiger partial charge in [0.25, 0.3) is 5.56 Å². The predicted molar refractivity (Wildman–Crippen MR) is 68.4 cm³/mol. The molecule has 0 aliphatic heterocycles.